The van der Waals surface area contributed by atoms with Crippen molar-refractivity contribution < 1.29 is 9.53 Å². The standard InChI is InChI=1S/C22H25N3O2S/c1-15-20(13-17-7-5-4-6-8-17)25-22(24-15)28-16(2)21(26)23-14-18-9-11-19(27-3)12-10-18/h4-12,16H,13-14H2,1-3H3,(H,23,26)(H,24,25)/t16-/m0/s1. The molecule has 0 saturated carbocycles. The van der Waals surface area contributed by atoms with E-state index in [4.69, 9.17) is 4.74 Å². The summed E-state index contributed by atoms with van der Waals surface area (Å²) in [5, 5.41) is 3.51. The Hall–Kier alpha value is -2.73. The van der Waals surface area contributed by atoms with Gasteiger partial charge in [0.25, 0.3) is 0 Å². The van der Waals surface area contributed by atoms with Crippen molar-refractivity contribution in [3.63, 3.8) is 0 Å². The molecule has 0 aliphatic heterocycles. The minimum atomic E-state index is -0.242. The number of aromatic amines is 1. The van der Waals surface area contributed by atoms with Gasteiger partial charge in [-0.3, -0.25) is 4.79 Å². The lowest BCUT2D eigenvalue weighted by molar-refractivity contribution is -0.120. The van der Waals surface area contributed by atoms with Crippen molar-refractivity contribution in [1.29, 1.82) is 0 Å². The molecular formula is C22H25N3O2S. The number of methoxy groups -OCH3 is 1. The molecule has 0 aliphatic carbocycles. The number of carbonyl (C=O) groups is 1. The normalized spacial score (nSPS) is 11.8. The first kappa shape index (κ1) is 20.0. The Morgan fingerprint density at radius 1 is 1.14 bits per heavy atom. The van der Waals surface area contributed by atoms with Gasteiger partial charge < -0.3 is 15.0 Å². The van der Waals surface area contributed by atoms with Crippen LogP contribution in [0.4, 0.5) is 0 Å². The summed E-state index contributed by atoms with van der Waals surface area (Å²) in [4.78, 5) is 20.4. The third-order valence-corrected chi connectivity index (χ3v) is 5.45. The van der Waals surface area contributed by atoms with Crippen LogP contribution in [0.25, 0.3) is 0 Å². The number of benzene rings is 2. The molecule has 0 fully saturated rings. The second-order valence-electron chi connectivity index (χ2n) is 6.60. The van der Waals surface area contributed by atoms with Gasteiger partial charge in [-0.25, -0.2) is 4.98 Å². The zero-order valence-electron chi connectivity index (χ0n) is 16.4. The second kappa shape index (κ2) is 9.46. The zero-order chi connectivity index (χ0) is 19.9. The summed E-state index contributed by atoms with van der Waals surface area (Å²) in [6, 6.07) is 17.9. The average molecular weight is 396 g/mol. The van der Waals surface area contributed by atoms with Gasteiger partial charge in [-0.1, -0.05) is 54.2 Å². The predicted molar refractivity (Wildman–Crippen MR) is 113 cm³/mol. The Morgan fingerprint density at radius 2 is 1.86 bits per heavy atom. The lowest BCUT2D eigenvalue weighted by Crippen LogP contribution is -2.30. The van der Waals surface area contributed by atoms with E-state index in [1.165, 1.54) is 17.3 Å². The van der Waals surface area contributed by atoms with E-state index in [9.17, 15) is 4.79 Å². The highest BCUT2D eigenvalue weighted by Gasteiger charge is 2.17. The number of imidazole rings is 1. The van der Waals surface area contributed by atoms with Crippen LogP contribution in [0.5, 0.6) is 5.75 Å². The highest BCUT2D eigenvalue weighted by molar-refractivity contribution is 8.00. The van der Waals surface area contributed by atoms with E-state index in [0.29, 0.717) is 6.54 Å². The molecule has 0 bridgehead atoms. The third-order valence-electron chi connectivity index (χ3n) is 4.46. The van der Waals surface area contributed by atoms with Crippen LogP contribution < -0.4 is 10.1 Å². The molecule has 0 unspecified atom stereocenters. The number of ether oxygens (including phenoxy) is 1. The Balaban J connectivity index is 1.54. The fourth-order valence-electron chi connectivity index (χ4n) is 2.78. The predicted octanol–water partition coefficient (Wildman–Crippen LogP) is 4.11. The van der Waals surface area contributed by atoms with Crippen LogP contribution in [-0.4, -0.2) is 28.2 Å². The molecule has 1 aromatic heterocycles. The minimum absolute atomic E-state index is 0.0144. The van der Waals surface area contributed by atoms with Crippen molar-refractivity contribution in [1.82, 2.24) is 15.3 Å². The Labute approximate surface area is 169 Å². The number of H-pyrrole nitrogens is 1. The van der Waals surface area contributed by atoms with Crippen LogP contribution in [-0.2, 0) is 17.8 Å². The maximum Gasteiger partial charge on any atom is 0.233 e. The molecule has 2 aromatic carbocycles. The number of hydrogen-bond donors (Lipinski definition) is 2. The lowest BCUT2D eigenvalue weighted by Gasteiger charge is -2.11. The summed E-state index contributed by atoms with van der Waals surface area (Å²) in [6.45, 7) is 4.40. The highest BCUT2D eigenvalue weighted by atomic mass is 32.2. The number of thioether (sulfide) groups is 1. The number of carbonyl (C=O) groups excluding carboxylic acids is 1. The van der Waals surface area contributed by atoms with E-state index in [0.717, 1.165) is 34.3 Å². The molecule has 146 valence electrons. The van der Waals surface area contributed by atoms with E-state index >= 15 is 0 Å². The molecule has 1 atom stereocenters. The Morgan fingerprint density at radius 3 is 2.54 bits per heavy atom. The van der Waals surface area contributed by atoms with Crippen LogP contribution in [0.15, 0.2) is 59.8 Å². The first-order valence-corrected chi connectivity index (χ1v) is 10.1. The molecule has 3 rings (SSSR count). The largest absolute Gasteiger partial charge is 0.497 e. The molecule has 6 heteroatoms. The van der Waals surface area contributed by atoms with Gasteiger partial charge in [0.2, 0.25) is 5.91 Å². The van der Waals surface area contributed by atoms with Gasteiger partial charge in [-0.05, 0) is 37.1 Å². The molecule has 28 heavy (non-hydrogen) atoms. The number of nitrogens with zero attached hydrogens (tertiary/aromatic N) is 1. The summed E-state index contributed by atoms with van der Waals surface area (Å²) in [6.07, 6.45) is 0.780. The Kier molecular flexibility index (Phi) is 6.76. The first-order chi connectivity index (χ1) is 13.5. The van der Waals surface area contributed by atoms with E-state index in [-0.39, 0.29) is 11.2 Å². The second-order valence-corrected chi connectivity index (χ2v) is 7.93. The van der Waals surface area contributed by atoms with Gasteiger partial charge in [0, 0.05) is 18.7 Å². The van der Waals surface area contributed by atoms with Crippen LogP contribution >= 0.6 is 11.8 Å². The molecule has 0 radical (unpaired) electrons. The Bertz CT molecular complexity index is 907. The number of amides is 1. The van der Waals surface area contributed by atoms with Crippen molar-refractivity contribution in [3.8, 4) is 5.75 Å². The van der Waals surface area contributed by atoms with E-state index in [1.54, 1.807) is 7.11 Å². The maximum absolute atomic E-state index is 12.4. The summed E-state index contributed by atoms with van der Waals surface area (Å²) in [5.74, 6) is 0.790. The van der Waals surface area contributed by atoms with Gasteiger partial charge in [-0.2, -0.15) is 0 Å². The van der Waals surface area contributed by atoms with E-state index < -0.39 is 0 Å². The van der Waals surface area contributed by atoms with E-state index in [1.807, 2.05) is 56.3 Å². The number of aromatic nitrogens is 2. The SMILES string of the molecule is COc1ccc(CNC(=O)[C@H](C)Sc2nc(Cc3ccccc3)c(C)[nH]2)cc1. The minimum Gasteiger partial charge on any atom is -0.497 e. The molecule has 1 heterocycles. The number of aryl methyl sites for hydroxylation is 1. The van der Waals surface area contributed by atoms with Gasteiger partial charge in [0.05, 0.1) is 18.1 Å². The summed E-state index contributed by atoms with van der Waals surface area (Å²) < 4.78 is 5.15. The van der Waals surface area contributed by atoms with Gasteiger partial charge in [0.15, 0.2) is 5.16 Å². The fourth-order valence-corrected chi connectivity index (χ4v) is 3.68. The maximum atomic E-state index is 12.4. The van der Waals surface area contributed by atoms with E-state index in [2.05, 4.69) is 27.4 Å². The molecule has 0 saturated heterocycles. The number of hydrogen-bond acceptors (Lipinski definition) is 4. The van der Waals surface area contributed by atoms with Gasteiger partial charge >= 0.3 is 0 Å². The molecule has 2 N–H and O–H groups in total. The van der Waals surface area contributed by atoms with Crippen LogP contribution in [0.1, 0.15) is 29.4 Å². The van der Waals surface area contributed by atoms with Crippen molar-refractivity contribution >= 4 is 17.7 Å². The third kappa shape index (κ3) is 5.39. The van der Waals surface area contributed by atoms with Crippen LogP contribution in [0, 0.1) is 6.92 Å². The van der Waals surface area contributed by atoms with Crippen molar-refractivity contribution in [2.45, 2.75) is 37.2 Å². The molecule has 3 aromatic rings. The summed E-state index contributed by atoms with van der Waals surface area (Å²) >= 11 is 1.44. The smallest absolute Gasteiger partial charge is 0.233 e. The monoisotopic (exact) mass is 395 g/mol. The van der Waals surface area contributed by atoms with Crippen LogP contribution in [0.3, 0.4) is 0 Å². The van der Waals surface area contributed by atoms with Crippen molar-refractivity contribution in [2.24, 2.45) is 0 Å². The van der Waals surface area contributed by atoms with Gasteiger partial charge in [0.1, 0.15) is 5.75 Å². The molecule has 5 nitrogen and oxygen atoms in total. The topological polar surface area (TPSA) is 67.0 Å². The van der Waals surface area contributed by atoms with Crippen LogP contribution in [0.2, 0.25) is 0 Å². The van der Waals surface area contributed by atoms with Crippen molar-refractivity contribution in [3.05, 3.63) is 77.1 Å². The van der Waals surface area contributed by atoms with Crippen molar-refractivity contribution in [2.75, 3.05) is 7.11 Å². The highest BCUT2D eigenvalue weighted by Crippen LogP contribution is 2.23. The molecule has 0 aliphatic rings. The quantitative estimate of drug-likeness (QED) is 0.563. The fraction of sp³-hybridized carbons (Fsp3) is 0.273. The summed E-state index contributed by atoms with van der Waals surface area (Å²) in [5.41, 5.74) is 4.31. The lowest BCUT2D eigenvalue weighted by atomic mass is 10.1. The summed E-state index contributed by atoms with van der Waals surface area (Å²) in [7, 11) is 1.64. The first-order valence-electron chi connectivity index (χ1n) is 9.22. The number of rotatable bonds is 8. The molecule has 1 amide bonds. The molecular weight excluding hydrogens is 370 g/mol. The average Bonchev–Trinajstić information content (AvgIpc) is 3.05. The van der Waals surface area contributed by atoms with Gasteiger partial charge in [-0.15, -0.1) is 0 Å². The number of nitrogens with one attached hydrogen (secondary N) is 2. The molecule has 0 spiro atoms. The zero-order valence-corrected chi connectivity index (χ0v) is 17.2.